The summed E-state index contributed by atoms with van der Waals surface area (Å²) in [7, 11) is 0. The molecule has 27 heavy (non-hydrogen) atoms. The minimum absolute atomic E-state index is 0.210. The van der Waals surface area contributed by atoms with Gasteiger partial charge in [0.1, 0.15) is 6.61 Å². The van der Waals surface area contributed by atoms with Gasteiger partial charge in [0.05, 0.1) is 0 Å². The number of carbonyl (C=O) groups is 1. The van der Waals surface area contributed by atoms with Crippen molar-refractivity contribution in [2.75, 3.05) is 6.61 Å². The first-order valence-corrected chi connectivity index (χ1v) is 9.71. The summed E-state index contributed by atoms with van der Waals surface area (Å²) < 4.78 is 5.52. The molecule has 1 N–H and O–H groups in total. The first-order chi connectivity index (χ1) is 13.1. The lowest BCUT2D eigenvalue weighted by molar-refractivity contribution is -0.140. The van der Waals surface area contributed by atoms with Crippen molar-refractivity contribution in [3.05, 3.63) is 70.8 Å². The molecule has 0 bridgehead atoms. The summed E-state index contributed by atoms with van der Waals surface area (Å²) in [4.78, 5) is 12.0. The van der Waals surface area contributed by atoms with Gasteiger partial charge in [0.2, 0.25) is 0 Å². The van der Waals surface area contributed by atoms with Crippen molar-refractivity contribution in [3.8, 4) is 11.1 Å². The zero-order valence-corrected chi connectivity index (χ0v) is 16.6. The SMILES string of the molecule is C/C=C(\C)C(=O)OCc1cc(CCC)ccc1-c1ccc(CCCO)cc1. The second-order valence-corrected chi connectivity index (χ2v) is 6.81. The monoisotopic (exact) mass is 366 g/mol. The molecule has 0 spiro atoms. The molecule has 0 heterocycles. The molecular weight excluding hydrogens is 336 g/mol. The molecule has 0 amide bonds. The van der Waals surface area contributed by atoms with E-state index in [0.29, 0.717) is 5.57 Å². The van der Waals surface area contributed by atoms with Gasteiger partial charge < -0.3 is 9.84 Å². The van der Waals surface area contributed by atoms with Crippen molar-refractivity contribution in [3.63, 3.8) is 0 Å². The zero-order valence-electron chi connectivity index (χ0n) is 16.6. The first kappa shape index (κ1) is 20.9. The summed E-state index contributed by atoms with van der Waals surface area (Å²) in [5, 5.41) is 8.98. The fourth-order valence-corrected chi connectivity index (χ4v) is 3.00. The lowest BCUT2D eigenvalue weighted by Crippen LogP contribution is -2.07. The van der Waals surface area contributed by atoms with Gasteiger partial charge in [-0.05, 0) is 60.9 Å². The average molecular weight is 367 g/mol. The number of aliphatic hydroxyl groups excluding tert-OH is 1. The van der Waals surface area contributed by atoms with Gasteiger partial charge in [0.25, 0.3) is 0 Å². The van der Waals surface area contributed by atoms with Gasteiger partial charge >= 0.3 is 5.97 Å². The van der Waals surface area contributed by atoms with E-state index in [1.807, 2.05) is 6.92 Å². The normalized spacial score (nSPS) is 11.5. The molecule has 3 heteroatoms. The van der Waals surface area contributed by atoms with E-state index in [1.165, 1.54) is 11.1 Å². The van der Waals surface area contributed by atoms with Crippen LogP contribution in [0.4, 0.5) is 0 Å². The van der Waals surface area contributed by atoms with Gasteiger partial charge in [-0.1, -0.05) is 61.9 Å². The van der Waals surface area contributed by atoms with Crippen molar-refractivity contribution in [1.82, 2.24) is 0 Å². The molecule has 0 fully saturated rings. The summed E-state index contributed by atoms with van der Waals surface area (Å²) in [6.45, 7) is 6.24. The van der Waals surface area contributed by atoms with E-state index in [-0.39, 0.29) is 19.2 Å². The van der Waals surface area contributed by atoms with Gasteiger partial charge in [0.15, 0.2) is 0 Å². The molecule has 0 unspecified atom stereocenters. The van der Waals surface area contributed by atoms with Gasteiger partial charge in [-0.15, -0.1) is 0 Å². The fraction of sp³-hybridized carbons (Fsp3) is 0.375. The third kappa shape index (κ3) is 6.07. The molecule has 0 aliphatic heterocycles. The predicted molar refractivity (Wildman–Crippen MR) is 111 cm³/mol. The van der Waals surface area contributed by atoms with Crippen LogP contribution in [0.5, 0.6) is 0 Å². The van der Waals surface area contributed by atoms with Gasteiger partial charge in [-0.3, -0.25) is 0 Å². The van der Waals surface area contributed by atoms with Crippen LogP contribution in [0.3, 0.4) is 0 Å². The van der Waals surface area contributed by atoms with Crippen LogP contribution >= 0.6 is 0 Å². The highest BCUT2D eigenvalue weighted by Gasteiger charge is 2.11. The molecule has 0 atom stereocenters. The molecule has 0 aliphatic carbocycles. The summed E-state index contributed by atoms with van der Waals surface area (Å²) >= 11 is 0. The van der Waals surface area contributed by atoms with E-state index in [0.717, 1.165) is 42.4 Å². The Balaban J connectivity index is 2.27. The summed E-state index contributed by atoms with van der Waals surface area (Å²) in [5.74, 6) is -0.274. The van der Waals surface area contributed by atoms with Crippen LogP contribution in [0, 0.1) is 0 Å². The average Bonchev–Trinajstić information content (AvgIpc) is 2.70. The Morgan fingerprint density at radius 3 is 2.41 bits per heavy atom. The molecular formula is C24H30O3. The van der Waals surface area contributed by atoms with Crippen LogP contribution in [0.1, 0.15) is 50.3 Å². The number of aliphatic hydroxyl groups is 1. The third-order valence-electron chi connectivity index (χ3n) is 4.71. The molecule has 0 aromatic heterocycles. The Kier molecular flexibility index (Phi) is 8.28. The Bertz CT molecular complexity index is 773. The van der Waals surface area contributed by atoms with Gasteiger partial charge in [-0.2, -0.15) is 0 Å². The molecule has 0 radical (unpaired) electrons. The second kappa shape index (κ2) is 10.7. The van der Waals surface area contributed by atoms with E-state index in [2.05, 4.69) is 49.4 Å². The summed E-state index contributed by atoms with van der Waals surface area (Å²) in [6.07, 6.45) is 5.50. The number of hydrogen-bond acceptors (Lipinski definition) is 3. The van der Waals surface area contributed by atoms with Crippen LogP contribution in [-0.2, 0) is 29.0 Å². The Morgan fingerprint density at radius 2 is 1.78 bits per heavy atom. The smallest absolute Gasteiger partial charge is 0.333 e. The highest BCUT2D eigenvalue weighted by Crippen LogP contribution is 2.27. The molecule has 0 saturated heterocycles. The van der Waals surface area contributed by atoms with Crippen LogP contribution in [0.25, 0.3) is 11.1 Å². The fourth-order valence-electron chi connectivity index (χ4n) is 3.00. The van der Waals surface area contributed by atoms with Crippen molar-refractivity contribution in [1.29, 1.82) is 0 Å². The van der Waals surface area contributed by atoms with E-state index in [4.69, 9.17) is 9.84 Å². The highest BCUT2D eigenvalue weighted by atomic mass is 16.5. The standard InChI is InChI=1S/C24H30O3/c1-4-7-20-11-14-23(21-12-9-19(10-13-21)8-6-15-25)22(16-20)17-27-24(26)18(3)5-2/h5,9-14,16,25H,4,6-8,15,17H2,1-3H3/b18-5+. The van der Waals surface area contributed by atoms with E-state index in [1.54, 1.807) is 13.0 Å². The molecule has 0 aliphatic rings. The minimum atomic E-state index is -0.274. The second-order valence-electron chi connectivity index (χ2n) is 6.81. The largest absolute Gasteiger partial charge is 0.457 e. The molecule has 2 aromatic rings. The maximum atomic E-state index is 12.0. The molecule has 144 valence electrons. The number of esters is 1. The number of allylic oxidation sites excluding steroid dienone is 1. The third-order valence-corrected chi connectivity index (χ3v) is 4.71. The molecule has 2 aromatic carbocycles. The van der Waals surface area contributed by atoms with Crippen LogP contribution in [0.2, 0.25) is 0 Å². The van der Waals surface area contributed by atoms with E-state index < -0.39 is 0 Å². The predicted octanol–water partition coefficient (Wildman–Crippen LogP) is 5.24. The number of hydrogen-bond donors (Lipinski definition) is 1. The van der Waals surface area contributed by atoms with Gasteiger partial charge in [-0.25, -0.2) is 4.79 Å². The Labute approximate surface area is 162 Å². The van der Waals surface area contributed by atoms with E-state index >= 15 is 0 Å². The first-order valence-electron chi connectivity index (χ1n) is 9.71. The summed E-state index contributed by atoms with van der Waals surface area (Å²) in [6, 6.07) is 14.8. The lowest BCUT2D eigenvalue weighted by atomic mass is 9.95. The number of benzene rings is 2. The van der Waals surface area contributed by atoms with Crippen molar-refractivity contribution in [2.24, 2.45) is 0 Å². The minimum Gasteiger partial charge on any atom is -0.457 e. The van der Waals surface area contributed by atoms with Crippen molar-refractivity contribution >= 4 is 5.97 Å². The molecule has 0 saturated carbocycles. The number of aryl methyl sites for hydroxylation is 2. The van der Waals surface area contributed by atoms with Crippen LogP contribution in [-0.4, -0.2) is 17.7 Å². The summed E-state index contributed by atoms with van der Waals surface area (Å²) in [5.41, 5.74) is 6.33. The molecule has 2 rings (SSSR count). The maximum Gasteiger partial charge on any atom is 0.333 e. The maximum absolute atomic E-state index is 12.0. The number of rotatable bonds is 9. The van der Waals surface area contributed by atoms with Crippen LogP contribution < -0.4 is 0 Å². The zero-order chi connectivity index (χ0) is 19.6. The van der Waals surface area contributed by atoms with E-state index in [9.17, 15) is 4.79 Å². The Hall–Kier alpha value is -2.39. The topological polar surface area (TPSA) is 46.5 Å². The number of carbonyl (C=O) groups excluding carboxylic acids is 1. The molecule has 3 nitrogen and oxygen atoms in total. The Morgan fingerprint density at radius 1 is 1.07 bits per heavy atom. The van der Waals surface area contributed by atoms with Crippen molar-refractivity contribution < 1.29 is 14.6 Å². The number of ether oxygens (including phenoxy) is 1. The quantitative estimate of drug-likeness (QED) is 0.487. The van der Waals surface area contributed by atoms with Crippen LogP contribution in [0.15, 0.2) is 54.1 Å². The van der Waals surface area contributed by atoms with Crippen molar-refractivity contribution in [2.45, 2.75) is 53.1 Å². The highest BCUT2D eigenvalue weighted by molar-refractivity contribution is 5.87. The van der Waals surface area contributed by atoms with Gasteiger partial charge in [0, 0.05) is 12.2 Å². The lowest BCUT2D eigenvalue weighted by Gasteiger charge is -2.13.